The summed E-state index contributed by atoms with van der Waals surface area (Å²) in [7, 11) is 0. The molecule has 1 atom stereocenters. The van der Waals surface area contributed by atoms with Crippen LogP contribution >= 0.6 is 23.1 Å². The van der Waals surface area contributed by atoms with Gasteiger partial charge in [-0.3, -0.25) is 19.0 Å². The van der Waals surface area contributed by atoms with E-state index >= 15 is 0 Å². The van der Waals surface area contributed by atoms with Gasteiger partial charge in [-0.2, -0.15) is 0 Å². The fraction of sp³-hybridized carbons (Fsp3) is 0.417. The largest absolute Gasteiger partial charge is 0.376 e. The lowest BCUT2D eigenvalue weighted by atomic mass is 10.1. The molecule has 1 amide bonds. The number of hydrogen-bond donors (Lipinski definition) is 1. The number of rotatable bonds is 8. The zero-order valence-electron chi connectivity index (χ0n) is 19.0. The zero-order valence-corrected chi connectivity index (χ0v) is 20.6. The van der Waals surface area contributed by atoms with E-state index in [0.29, 0.717) is 39.8 Å². The number of thiophene rings is 1. The molecule has 3 aromatic rings. The van der Waals surface area contributed by atoms with Gasteiger partial charge in [-0.25, -0.2) is 4.98 Å². The number of nitrogens with one attached hydrogen (secondary N) is 1. The first-order chi connectivity index (χ1) is 15.9. The Hall–Kier alpha value is -2.49. The molecule has 4 rings (SSSR count). The Morgan fingerprint density at radius 2 is 2.12 bits per heavy atom. The molecule has 1 aromatic carbocycles. The first-order valence-electron chi connectivity index (χ1n) is 11.1. The van der Waals surface area contributed by atoms with E-state index < -0.39 is 0 Å². The normalized spacial score (nSPS) is 15.8. The Morgan fingerprint density at radius 1 is 1.33 bits per heavy atom. The van der Waals surface area contributed by atoms with Crippen molar-refractivity contribution in [3.63, 3.8) is 0 Å². The zero-order chi connectivity index (χ0) is 23.5. The third-order valence-electron chi connectivity index (χ3n) is 5.75. The number of benzene rings is 1. The molecule has 7 nitrogen and oxygen atoms in total. The minimum absolute atomic E-state index is 0.0256. The molecule has 1 aliphatic rings. The summed E-state index contributed by atoms with van der Waals surface area (Å²) in [6, 6.07) is 6.92. The average Bonchev–Trinajstić information content (AvgIpc) is 3.41. The number of aromatic nitrogens is 2. The van der Waals surface area contributed by atoms with Gasteiger partial charge in [0.1, 0.15) is 4.83 Å². The van der Waals surface area contributed by atoms with Crippen molar-refractivity contribution >= 4 is 50.7 Å². The fourth-order valence-corrected chi connectivity index (χ4v) is 6.10. The molecule has 2 aromatic heterocycles. The predicted molar refractivity (Wildman–Crippen MR) is 133 cm³/mol. The summed E-state index contributed by atoms with van der Waals surface area (Å²) in [5.74, 6) is -0.306. The van der Waals surface area contributed by atoms with Gasteiger partial charge in [0.05, 0.1) is 29.5 Å². The Kier molecular flexibility index (Phi) is 7.31. The van der Waals surface area contributed by atoms with Crippen LogP contribution in [0.25, 0.3) is 10.2 Å². The topological polar surface area (TPSA) is 90.3 Å². The number of para-hydroxylation sites is 1. The molecule has 0 radical (unpaired) electrons. The van der Waals surface area contributed by atoms with Crippen LogP contribution in [0.2, 0.25) is 0 Å². The van der Waals surface area contributed by atoms with Crippen molar-refractivity contribution in [3.8, 4) is 0 Å². The van der Waals surface area contributed by atoms with Gasteiger partial charge in [-0.1, -0.05) is 30.8 Å². The van der Waals surface area contributed by atoms with Crippen molar-refractivity contribution < 1.29 is 14.3 Å². The molecule has 174 valence electrons. The number of Topliss-reactive ketones (excluding diaryl/α,β-unsaturated/α-hetero) is 1. The van der Waals surface area contributed by atoms with E-state index in [2.05, 4.69) is 5.32 Å². The number of anilines is 1. The van der Waals surface area contributed by atoms with E-state index in [-0.39, 0.29) is 29.1 Å². The number of thioether (sulfide) groups is 1. The second-order valence-electron chi connectivity index (χ2n) is 8.05. The molecule has 0 spiro atoms. The molecule has 0 saturated carbocycles. The van der Waals surface area contributed by atoms with Crippen molar-refractivity contribution in [1.29, 1.82) is 0 Å². The molecule has 0 aliphatic carbocycles. The van der Waals surface area contributed by atoms with E-state index in [1.54, 1.807) is 28.8 Å². The van der Waals surface area contributed by atoms with Crippen molar-refractivity contribution in [2.24, 2.45) is 0 Å². The second-order valence-corrected chi connectivity index (χ2v) is 10.2. The van der Waals surface area contributed by atoms with E-state index in [4.69, 9.17) is 9.72 Å². The molecule has 1 saturated heterocycles. The molecular formula is C24H27N3O4S2. The van der Waals surface area contributed by atoms with Crippen LogP contribution in [-0.2, 0) is 22.5 Å². The lowest BCUT2D eigenvalue weighted by Gasteiger charge is -2.16. The van der Waals surface area contributed by atoms with Crippen LogP contribution in [0.15, 0.2) is 34.2 Å². The SMILES string of the molecule is CCc1c(C)sc2nc(SCC(=O)Nc3ccccc3C(C)=O)n(CC3CCCO3)c(=O)c12. The maximum atomic E-state index is 13.5. The summed E-state index contributed by atoms with van der Waals surface area (Å²) < 4.78 is 7.45. The highest BCUT2D eigenvalue weighted by Crippen LogP contribution is 2.30. The van der Waals surface area contributed by atoms with Crippen LogP contribution < -0.4 is 10.9 Å². The molecule has 1 fully saturated rings. The highest BCUT2D eigenvalue weighted by molar-refractivity contribution is 7.99. The van der Waals surface area contributed by atoms with Crippen LogP contribution in [0.4, 0.5) is 5.69 Å². The molecule has 3 heterocycles. The predicted octanol–water partition coefficient (Wildman–Crippen LogP) is 4.44. The van der Waals surface area contributed by atoms with E-state index in [1.165, 1.54) is 30.0 Å². The number of amides is 1. The van der Waals surface area contributed by atoms with Gasteiger partial charge < -0.3 is 10.1 Å². The first-order valence-corrected chi connectivity index (χ1v) is 12.9. The van der Waals surface area contributed by atoms with Gasteiger partial charge >= 0.3 is 0 Å². The van der Waals surface area contributed by atoms with Crippen molar-refractivity contribution in [1.82, 2.24) is 9.55 Å². The lowest BCUT2D eigenvalue weighted by molar-refractivity contribution is -0.113. The van der Waals surface area contributed by atoms with Gasteiger partial charge in [0, 0.05) is 17.0 Å². The number of hydrogen-bond acceptors (Lipinski definition) is 7. The van der Waals surface area contributed by atoms with Gasteiger partial charge in [0.2, 0.25) is 5.91 Å². The van der Waals surface area contributed by atoms with Crippen LogP contribution in [0, 0.1) is 6.92 Å². The summed E-state index contributed by atoms with van der Waals surface area (Å²) in [5.41, 5.74) is 1.93. The Bertz CT molecular complexity index is 1260. The third-order valence-corrected chi connectivity index (χ3v) is 7.77. The monoisotopic (exact) mass is 485 g/mol. The molecule has 33 heavy (non-hydrogen) atoms. The number of nitrogens with zero attached hydrogens (tertiary/aromatic N) is 2. The molecule has 1 unspecified atom stereocenters. The lowest BCUT2D eigenvalue weighted by Crippen LogP contribution is -2.29. The number of ketones is 1. The first kappa shape index (κ1) is 23.7. The Balaban J connectivity index is 1.61. The maximum absolute atomic E-state index is 13.5. The number of ether oxygens (including phenoxy) is 1. The van der Waals surface area contributed by atoms with Crippen LogP contribution in [0.1, 0.15) is 47.5 Å². The van der Waals surface area contributed by atoms with Crippen molar-refractivity contribution in [2.45, 2.75) is 57.8 Å². The van der Waals surface area contributed by atoms with Crippen LogP contribution in [0.5, 0.6) is 0 Å². The number of aryl methyl sites for hydroxylation is 2. The van der Waals surface area contributed by atoms with Crippen molar-refractivity contribution in [2.75, 3.05) is 17.7 Å². The van der Waals surface area contributed by atoms with E-state index in [9.17, 15) is 14.4 Å². The summed E-state index contributed by atoms with van der Waals surface area (Å²) in [4.78, 5) is 44.6. The minimum atomic E-state index is -0.261. The average molecular weight is 486 g/mol. The van der Waals surface area contributed by atoms with Gasteiger partial charge in [-0.05, 0) is 50.8 Å². The summed E-state index contributed by atoms with van der Waals surface area (Å²) in [6.45, 7) is 6.66. The maximum Gasteiger partial charge on any atom is 0.263 e. The molecular weight excluding hydrogens is 458 g/mol. The molecule has 0 bridgehead atoms. The number of carbonyl (C=O) groups is 2. The van der Waals surface area contributed by atoms with E-state index in [0.717, 1.165) is 29.7 Å². The summed E-state index contributed by atoms with van der Waals surface area (Å²) in [5, 5.41) is 4.01. The summed E-state index contributed by atoms with van der Waals surface area (Å²) in [6.07, 6.45) is 2.63. The quantitative estimate of drug-likeness (QED) is 0.288. The van der Waals surface area contributed by atoms with Crippen molar-refractivity contribution in [3.05, 3.63) is 50.6 Å². The standard InChI is InChI=1S/C24H27N3O4S2/c1-4-17-15(3)33-22-21(17)23(30)27(12-16-8-7-11-31-16)24(26-22)32-13-20(29)25-19-10-6-5-9-18(19)14(2)28/h5-6,9-10,16H,4,7-8,11-13H2,1-3H3,(H,25,29). The molecule has 1 N–H and O–H groups in total. The number of fused-ring (bicyclic) bond motifs is 1. The highest BCUT2D eigenvalue weighted by atomic mass is 32.2. The third kappa shape index (κ3) is 5.05. The Labute approximate surface area is 200 Å². The van der Waals surface area contributed by atoms with Crippen LogP contribution in [0.3, 0.4) is 0 Å². The number of carbonyl (C=O) groups excluding carboxylic acids is 2. The molecule has 9 heteroatoms. The van der Waals surface area contributed by atoms with Gasteiger partial charge in [0.15, 0.2) is 10.9 Å². The summed E-state index contributed by atoms with van der Waals surface area (Å²) >= 11 is 2.75. The molecule has 1 aliphatic heterocycles. The van der Waals surface area contributed by atoms with Crippen LogP contribution in [-0.4, -0.2) is 39.7 Å². The fourth-order valence-electron chi connectivity index (χ4n) is 4.14. The van der Waals surface area contributed by atoms with E-state index in [1.807, 2.05) is 13.8 Å². The minimum Gasteiger partial charge on any atom is -0.376 e. The second kappa shape index (κ2) is 10.2. The van der Waals surface area contributed by atoms with Gasteiger partial charge in [-0.15, -0.1) is 11.3 Å². The smallest absolute Gasteiger partial charge is 0.263 e. The highest BCUT2D eigenvalue weighted by Gasteiger charge is 2.23. The Morgan fingerprint density at radius 3 is 2.82 bits per heavy atom. The van der Waals surface area contributed by atoms with Gasteiger partial charge in [0.25, 0.3) is 5.56 Å².